The second-order valence-corrected chi connectivity index (χ2v) is 6.69. The van der Waals surface area contributed by atoms with Crippen LogP contribution in [0.5, 0.6) is 5.75 Å². The fourth-order valence-electron chi connectivity index (χ4n) is 1.50. The first-order valence-corrected chi connectivity index (χ1v) is 8.11. The summed E-state index contributed by atoms with van der Waals surface area (Å²) in [6, 6.07) is 7.40. The topological polar surface area (TPSA) is 51.2 Å². The summed E-state index contributed by atoms with van der Waals surface area (Å²) in [5.41, 5.74) is 0. The molecule has 2 rings (SSSR count). The molecule has 0 bridgehead atoms. The van der Waals surface area contributed by atoms with Crippen LogP contribution >= 0.6 is 27.3 Å². The molecule has 0 radical (unpaired) electrons. The summed E-state index contributed by atoms with van der Waals surface area (Å²) in [7, 11) is 0. The third-order valence-electron chi connectivity index (χ3n) is 2.45. The Labute approximate surface area is 136 Å². The molecule has 4 nitrogen and oxygen atoms in total. The second kappa shape index (κ2) is 7.95. The number of ether oxygens (including phenoxy) is 1. The third kappa shape index (κ3) is 5.32. The maximum absolute atomic E-state index is 11.8. The van der Waals surface area contributed by atoms with Crippen molar-refractivity contribution in [1.29, 1.82) is 0 Å². The minimum Gasteiger partial charge on any atom is -0.492 e. The summed E-state index contributed by atoms with van der Waals surface area (Å²) in [6.45, 7) is 2.70. The van der Waals surface area contributed by atoms with Crippen molar-refractivity contribution in [2.45, 2.75) is 13.3 Å². The van der Waals surface area contributed by atoms with Gasteiger partial charge in [-0.1, -0.05) is 6.92 Å². The van der Waals surface area contributed by atoms with Crippen molar-refractivity contribution in [1.82, 2.24) is 4.98 Å². The predicted molar refractivity (Wildman–Crippen MR) is 89.7 cm³/mol. The molecule has 0 saturated heterocycles. The monoisotopic (exact) mass is 366 g/mol. The highest BCUT2D eigenvalue weighted by Gasteiger charge is 2.01. The zero-order chi connectivity index (χ0) is 15.1. The molecule has 0 saturated carbocycles. The van der Waals surface area contributed by atoms with Crippen LogP contribution in [-0.4, -0.2) is 17.5 Å². The minimum absolute atomic E-state index is 0.214. The lowest BCUT2D eigenvalue weighted by Gasteiger charge is -2.05. The van der Waals surface area contributed by atoms with Gasteiger partial charge in [0.25, 0.3) is 0 Å². The Kier molecular flexibility index (Phi) is 5.95. The molecule has 0 aliphatic heterocycles. The average molecular weight is 367 g/mol. The van der Waals surface area contributed by atoms with Gasteiger partial charge in [0.2, 0.25) is 5.91 Å². The zero-order valence-corrected chi connectivity index (χ0v) is 13.9. The van der Waals surface area contributed by atoms with Gasteiger partial charge in [-0.25, -0.2) is 4.98 Å². The smallest absolute Gasteiger partial charge is 0.249 e. The number of halogens is 1. The van der Waals surface area contributed by atoms with Gasteiger partial charge in [0.1, 0.15) is 11.6 Å². The van der Waals surface area contributed by atoms with Crippen LogP contribution in [0.2, 0.25) is 0 Å². The van der Waals surface area contributed by atoms with Crippen molar-refractivity contribution in [2.75, 3.05) is 11.9 Å². The number of carbonyl (C=O) groups is 1. The lowest BCUT2D eigenvalue weighted by Crippen LogP contribution is -2.09. The van der Waals surface area contributed by atoms with E-state index in [0.717, 1.165) is 15.1 Å². The van der Waals surface area contributed by atoms with E-state index in [-0.39, 0.29) is 5.91 Å². The fraction of sp³-hybridized carbons (Fsp3) is 0.200. The first-order chi connectivity index (χ1) is 10.2. The molecular formula is C15H15BrN2O2S. The lowest BCUT2D eigenvalue weighted by molar-refractivity contribution is -0.111. The van der Waals surface area contributed by atoms with Crippen LogP contribution in [0.3, 0.4) is 0 Å². The van der Waals surface area contributed by atoms with E-state index in [0.29, 0.717) is 18.2 Å². The van der Waals surface area contributed by atoms with Gasteiger partial charge in [0, 0.05) is 11.0 Å². The van der Waals surface area contributed by atoms with Crippen LogP contribution in [-0.2, 0) is 4.79 Å². The molecule has 2 aromatic rings. The molecule has 2 aromatic heterocycles. The number of aromatic nitrogens is 1. The number of nitrogens with one attached hydrogen (secondary N) is 1. The van der Waals surface area contributed by atoms with Gasteiger partial charge in [-0.2, -0.15) is 0 Å². The molecule has 21 heavy (non-hydrogen) atoms. The number of pyridine rings is 1. The molecule has 0 aliphatic rings. The normalized spacial score (nSPS) is 10.8. The largest absolute Gasteiger partial charge is 0.492 e. The van der Waals surface area contributed by atoms with Gasteiger partial charge in [-0.05, 0) is 52.7 Å². The molecule has 0 fully saturated rings. The Morgan fingerprint density at radius 2 is 2.29 bits per heavy atom. The number of anilines is 1. The van der Waals surface area contributed by atoms with E-state index in [9.17, 15) is 4.79 Å². The maximum atomic E-state index is 11.8. The van der Waals surface area contributed by atoms with E-state index in [1.165, 1.54) is 6.08 Å². The molecule has 0 unspecified atom stereocenters. The molecule has 0 aliphatic carbocycles. The highest BCUT2D eigenvalue weighted by molar-refractivity contribution is 9.11. The molecule has 2 heterocycles. The van der Waals surface area contributed by atoms with Crippen molar-refractivity contribution in [3.05, 3.63) is 45.2 Å². The first-order valence-electron chi connectivity index (χ1n) is 6.50. The lowest BCUT2D eigenvalue weighted by atomic mass is 10.4. The van der Waals surface area contributed by atoms with Crippen LogP contribution in [0.1, 0.15) is 18.2 Å². The number of amides is 1. The fourth-order valence-corrected chi connectivity index (χ4v) is 2.83. The first kappa shape index (κ1) is 15.7. The van der Waals surface area contributed by atoms with Gasteiger partial charge < -0.3 is 10.1 Å². The van der Waals surface area contributed by atoms with Crippen LogP contribution in [0.25, 0.3) is 6.08 Å². The Bertz CT molecular complexity index is 623. The van der Waals surface area contributed by atoms with Gasteiger partial charge >= 0.3 is 0 Å². The zero-order valence-electron chi connectivity index (χ0n) is 11.5. The van der Waals surface area contributed by atoms with Crippen LogP contribution in [0.15, 0.2) is 40.3 Å². The average Bonchev–Trinajstić information content (AvgIpc) is 2.90. The highest BCUT2D eigenvalue weighted by Crippen LogP contribution is 2.23. The number of nitrogens with zero attached hydrogens (tertiary/aromatic N) is 1. The second-order valence-electron chi connectivity index (χ2n) is 4.19. The Morgan fingerprint density at radius 3 is 2.90 bits per heavy atom. The number of rotatable bonds is 6. The van der Waals surface area contributed by atoms with Crippen LogP contribution in [0, 0.1) is 0 Å². The van der Waals surface area contributed by atoms with Gasteiger partial charge in [-0.3, -0.25) is 4.79 Å². The molecule has 110 valence electrons. The summed E-state index contributed by atoms with van der Waals surface area (Å²) in [5.74, 6) is 0.990. The minimum atomic E-state index is -0.214. The standard InChI is InChI=1S/C15H15BrN2O2S/c1-2-9-20-11-3-7-14(17-10-11)18-15(19)8-5-12-4-6-13(16)21-12/h3-8,10H,2,9H2,1H3,(H,17,18,19)/b8-5+. The number of hydrogen-bond donors (Lipinski definition) is 1. The van der Waals surface area contributed by atoms with Crippen LogP contribution < -0.4 is 10.1 Å². The molecule has 1 N–H and O–H groups in total. The molecule has 0 aromatic carbocycles. The van der Waals surface area contributed by atoms with Gasteiger partial charge in [-0.15, -0.1) is 11.3 Å². The van der Waals surface area contributed by atoms with E-state index >= 15 is 0 Å². The number of thiophene rings is 1. The van der Waals surface area contributed by atoms with E-state index in [1.54, 1.807) is 35.7 Å². The molecule has 6 heteroatoms. The maximum Gasteiger partial charge on any atom is 0.249 e. The van der Waals surface area contributed by atoms with E-state index in [1.807, 2.05) is 19.1 Å². The number of hydrogen-bond acceptors (Lipinski definition) is 4. The van der Waals surface area contributed by atoms with E-state index in [2.05, 4.69) is 26.2 Å². The highest BCUT2D eigenvalue weighted by atomic mass is 79.9. The molecule has 0 atom stereocenters. The summed E-state index contributed by atoms with van der Waals surface area (Å²) in [6.07, 6.45) is 5.80. The Balaban J connectivity index is 1.88. The molecular weight excluding hydrogens is 352 g/mol. The summed E-state index contributed by atoms with van der Waals surface area (Å²) in [4.78, 5) is 16.9. The molecule has 0 spiro atoms. The van der Waals surface area contributed by atoms with Crippen molar-refractivity contribution in [3.8, 4) is 5.75 Å². The van der Waals surface area contributed by atoms with Crippen molar-refractivity contribution in [2.24, 2.45) is 0 Å². The summed E-state index contributed by atoms with van der Waals surface area (Å²) >= 11 is 4.94. The quantitative estimate of drug-likeness (QED) is 0.773. The van der Waals surface area contributed by atoms with Crippen LogP contribution in [0.4, 0.5) is 5.82 Å². The van der Waals surface area contributed by atoms with Gasteiger partial charge in [0.05, 0.1) is 16.6 Å². The van der Waals surface area contributed by atoms with Gasteiger partial charge in [0.15, 0.2) is 0 Å². The predicted octanol–water partition coefficient (Wildman–Crippen LogP) is 4.35. The van der Waals surface area contributed by atoms with E-state index < -0.39 is 0 Å². The van der Waals surface area contributed by atoms with Crippen molar-refractivity contribution in [3.63, 3.8) is 0 Å². The van der Waals surface area contributed by atoms with E-state index in [4.69, 9.17) is 4.74 Å². The Morgan fingerprint density at radius 1 is 1.43 bits per heavy atom. The SMILES string of the molecule is CCCOc1ccc(NC(=O)/C=C/c2ccc(Br)s2)nc1. The van der Waals surface area contributed by atoms with Crippen molar-refractivity contribution >= 4 is 45.1 Å². The summed E-state index contributed by atoms with van der Waals surface area (Å²) < 4.78 is 6.46. The van der Waals surface area contributed by atoms with Crippen molar-refractivity contribution < 1.29 is 9.53 Å². The molecule has 1 amide bonds. The third-order valence-corrected chi connectivity index (χ3v) is 4.04. The number of carbonyl (C=O) groups excluding carboxylic acids is 1. The summed E-state index contributed by atoms with van der Waals surface area (Å²) in [5, 5.41) is 2.70. The Hall–Kier alpha value is -1.66.